The first-order valence-electron chi connectivity index (χ1n) is 14.1. The number of fused-ring (bicyclic) bond motifs is 1. The Labute approximate surface area is 230 Å². The molecule has 3 aromatic rings. The van der Waals surface area contributed by atoms with Gasteiger partial charge < -0.3 is 10.2 Å². The molecule has 1 aliphatic carbocycles. The van der Waals surface area contributed by atoms with Crippen LogP contribution in [0.15, 0.2) is 85.2 Å². The minimum atomic E-state index is 0.871. The van der Waals surface area contributed by atoms with Crippen LogP contribution in [-0.2, 0) is 19.3 Å². The molecule has 0 radical (unpaired) electrons. The Morgan fingerprint density at radius 3 is 2.58 bits per heavy atom. The second kappa shape index (κ2) is 13.4. The largest absolute Gasteiger partial charge is 0.378 e. The Morgan fingerprint density at radius 1 is 1.05 bits per heavy atom. The molecule has 0 aliphatic heterocycles. The molecule has 3 nitrogen and oxygen atoms in total. The molecule has 198 valence electrons. The van der Waals surface area contributed by atoms with Crippen molar-refractivity contribution < 1.29 is 0 Å². The number of hydrogen-bond donors (Lipinski definition) is 1. The Kier molecular flexibility index (Phi) is 9.73. The van der Waals surface area contributed by atoms with E-state index in [0.29, 0.717) is 0 Å². The predicted octanol–water partition coefficient (Wildman–Crippen LogP) is 7.40. The van der Waals surface area contributed by atoms with E-state index in [0.717, 1.165) is 57.3 Å². The molecule has 1 aliphatic rings. The maximum absolute atomic E-state index is 4.83. The molecule has 0 amide bonds. The van der Waals surface area contributed by atoms with Crippen LogP contribution < -0.4 is 5.32 Å². The standard InChI is InChI=1S/C35H43N3/c1-6-34-26(2)24-31(25-37-34)33-17-9-15-29-14-7-8-16-32(29)35(33)30-20-18-28(19-21-30)13-11-23-36-22-10-12-27(3)38(4)5/h7-8,10,12,14,16,18-21,24-25,36H,3,6,9,11,13,15,17,22-23H2,1-2,4-5H3/b12-10+. The van der Waals surface area contributed by atoms with Crippen molar-refractivity contribution in [2.75, 3.05) is 27.2 Å². The van der Waals surface area contributed by atoms with Gasteiger partial charge in [0.15, 0.2) is 0 Å². The van der Waals surface area contributed by atoms with E-state index in [1.807, 2.05) is 19.0 Å². The smallest absolute Gasteiger partial charge is 0.0430 e. The van der Waals surface area contributed by atoms with Crippen LogP contribution in [0.5, 0.6) is 0 Å². The highest BCUT2D eigenvalue weighted by atomic mass is 15.1. The van der Waals surface area contributed by atoms with Gasteiger partial charge in [-0.3, -0.25) is 4.98 Å². The van der Waals surface area contributed by atoms with Crippen LogP contribution in [0.25, 0.3) is 11.1 Å². The quantitative estimate of drug-likeness (QED) is 0.217. The Bertz CT molecular complexity index is 1300. The van der Waals surface area contributed by atoms with E-state index in [-0.39, 0.29) is 0 Å². The topological polar surface area (TPSA) is 28.2 Å². The van der Waals surface area contributed by atoms with E-state index in [2.05, 4.69) is 98.7 Å². The fourth-order valence-corrected chi connectivity index (χ4v) is 5.27. The Hall–Kier alpha value is -3.43. The minimum Gasteiger partial charge on any atom is -0.378 e. The lowest BCUT2D eigenvalue weighted by molar-refractivity contribution is 0.532. The molecule has 0 unspecified atom stereocenters. The summed E-state index contributed by atoms with van der Waals surface area (Å²) in [6.07, 6.45) is 12.8. The van der Waals surface area contributed by atoms with Crippen LogP contribution in [0, 0.1) is 6.92 Å². The molecule has 0 fully saturated rings. The number of aryl methyl sites for hydroxylation is 4. The summed E-state index contributed by atoms with van der Waals surface area (Å²) in [5.41, 5.74) is 13.1. The number of pyridine rings is 1. The minimum absolute atomic E-state index is 0.871. The normalized spacial score (nSPS) is 13.5. The summed E-state index contributed by atoms with van der Waals surface area (Å²) < 4.78 is 0. The third-order valence-electron chi connectivity index (χ3n) is 7.54. The van der Waals surface area contributed by atoms with E-state index in [9.17, 15) is 0 Å². The van der Waals surface area contributed by atoms with E-state index in [1.54, 1.807) is 0 Å². The predicted molar refractivity (Wildman–Crippen MR) is 163 cm³/mol. The summed E-state index contributed by atoms with van der Waals surface area (Å²) in [5.74, 6) is 0. The van der Waals surface area contributed by atoms with Gasteiger partial charge in [-0.2, -0.15) is 0 Å². The van der Waals surface area contributed by atoms with Gasteiger partial charge in [0.05, 0.1) is 0 Å². The molecule has 38 heavy (non-hydrogen) atoms. The fourth-order valence-electron chi connectivity index (χ4n) is 5.27. The Morgan fingerprint density at radius 2 is 1.84 bits per heavy atom. The zero-order valence-corrected chi connectivity index (χ0v) is 23.7. The van der Waals surface area contributed by atoms with E-state index >= 15 is 0 Å². The van der Waals surface area contributed by atoms with E-state index < -0.39 is 0 Å². The summed E-state index contributed by atoms with van der Waals surface area (Å²) in [4.78, 5) is 6.85. The lowest BCUT2D eigenvalue weighted by Gasteiger charge is -2.17. The summed E-state index contributed by atoms with van der Waals surface area (Å²) in [5, 5.41) is 3.51. The first-order valence-corrected chi connectivity index (χ1v) is 14.1. The molecular weight excluding hydrogens is 462 g/mol. The molecule has 1 heterocycles. The molecule has 1 N–H and O–H groups in total. The van der Waals surface area contributed by atoms with Gasteiger partial charge in [0.25, 0.3) is 0 Å². The SMILES string of the molecule is C=C(/C=C/CNCCCc1ccc(C2=C(c3cnc(CC)c(C)c3)CCCc3ccccc32)cc1)N(C)C. The molecule has 0 spiro atoms. The number of likely N-dealkylation sites (N-methyl/N-ethyl adjacent to an activating group) is 1. The van der Waals surface area contributed by atoms with Gasteiger partial charge in [-0.25, -0.2) is 0 Å². The van der Waals surface area contributed by atoms with Crippen LogP contribution in [0.2, 0.25) is 0 Å². The first-order chi connectivity index (χ1) is 18.5. The van der Waals surface area contributed by atoms with Crippen LogP contribution in [0.3, 0.4) is 0 Å². The Balaban J connectivity index is 1.52. The maximum Gasteiger partial charge on any atom is 0.0430 e. The van der Waals surface area contributed by atoms with Gasteiger partial charge in [-0.15, -0.1) is 0 Å². The van der Waals surface area contributed by atoms with Crippen molar-refractivity contribution >= 4 is 11.1 Å². The lowest BCUT2D eigenvalue weighted by atomic mass is 9.87. The van der Waals surface area contributed by atoms with Gasteiger partial charge in [-0.1, -0.05) is 68.1 Å². The van der Waals surface area contributed by atoms with Crippen LogP contribution in [-0.4, -0.2) is 37.1 Å². The van der Waals surface area contributed by atoms with Crippen molar-refractivity contribution in [2.45, 2.75) is 52.4 Å². The fraction of sp³-hybridized carbons (Fsp3) is 0.343. The van der Waals surface area contributed by atoms with Crippen molar-refractivity contribution in [3.8, 4) is 0 Å². The highest BCUT2D eigenvalue weighted by Gasteiger charge is 2.20. The average molecular weight is 506 g/mol. The van der Waals surface area contributed by atoms with Gasteiger partial charge in [0.2, 0.25) is 0 Å². The third kappa shape index (κ3) is 6.90. The number of rotatable bonds is 11. The third-order valence-corrected chi connectivity index (χ3v) is 7.54. The zero-order valence-electron chi connectivity index (χ0n) is 23.7. The van der Waals surface area contributed by atoms with Crippen molar-refractivity contribution in [1.29, 1.82) is 0 Å². The van der Waals surface area contributed by atoms with Gasteiger partial charge in [0.1, 0.15) is 0 Å². The lowest BCUT2D eigenvalue weighted by Crippen LogP contribution is -2.16. The van der Waals surface area contributed by atoms with E-state index in [4.69, 9.17) is 4.98 Å². The van der Waals surface area contributed by atoms with Crippen molar-refractivity contribution in [3.05, 3.63) is 124 Å². The average Bonchev–Trinajstić information content (AvgIpc) is 3.12. The molecule has 0 saturated carbocycles. The molecule has 0 atom stereocenters. The van der Waals surface area contributed by atoms with Gasteiger partial charge in [0, 0.05) is 38.2 Å². The molecular formula is C35H43N3. The zero-order chi connectivity index (χ0) is 26.9. The maximum atomic E-state index is 4.83. The first kappa shape index (κ1) is 27.6. The second-order valence-electron chi connectivity index (χ2n) is 10.5. The highest BCUT2D eigenvalue weighted by molar-refractivity contribution is 5.99. The number of nitrogens with zero attached hydrogens (tertiary/aromatic N) is 2. The van der Waals surface area contributed by atoms with Crippen LogP contribution in [0.1, 0.15) is 65.3 Å². The number of benzene rings is 2. The van der Waals surface area contributed by atoms with E-state index in [1.165, 1.54) is 50.2 Å². The van der Waals surface area contributed by atoms with Crippen molar-refractivity contribution in [1.82, 2.24) is 15.2 Å². The highest BCUT2D eigenvalue weighted by Crippen LogP contribution is 2.40. The number of hydrogen-bond acceptors (Lipinski definition) is 3. The number of allylic oxidation sites excluding steroid dienone is 2. The summed E-state index contributed by atoms with van der Waals surface area (Å²) in [7, 11) is 4.03. The molecule has 3 heteroatoms. The van der Waals surface area contributed by atoms with Gasteiger partial charge in [-0.05, 0) is 109 Å². The summed E-state index contributed by atoms with van der Waals surface area (Å²) in [6.45, 7) is 10.3. The number of aromatic nitrogens is 1. The molecule has 2 aromatic carbocycles. The van der Waals surface area contributed by atoms with Crippen molar-refractivity contribution in [3.63, 3.8) is 0 Å². The molecule has 1 aromatic heterocycles. The molecule has 0 bridgehead atoms. The molecule has 4 rings (SSSR count). The van der Waals surface area contributed by atoms with Crippen LogP contribution >= 0.6 is 0 Å². The summed E-state index contributed by atoms with van der Waals surface area (Å²) >= 11 is 0. The van der Waals surface area contributed by atoms with Crippen molar-refractivity contribution in [2.24, 2.45) is 0 Å². The number of nitrogens with one attached hydrogen (secondary N) is 1. The summed E-state index contributed by atoms with van der Waals surface area (Å²) in [6, 6.07) is 20.6. The molecule has 0 saturated heterocycles. The second-order valence-corrected chi connectivity index (χ2v) is 10.5. The monoisotopic (exact) mass is 505 g/mol. The van der Waals surface area contributed by atoms with Crippen LogP contribution in [0.4, 0.5) is 0 Å². The van der Waals surface area contributed by atoms with Gasteiger partial charge >= 0.3 is 0 Å².